The molecule has 2 heterocycles. The molecule has 2 aliphatic heterocycles. The minimum Gasteiger partial charge on any atom is -0.342 e. The largest absolute Gasteiger partial charge is 0.342 e. The molecule has 0 spiro atoms. The van der Waals surface area contributed by atoms with Gasteiger partial charge in [0, 0.05) is 38.0 Å². The van der Waals surface area contributed by atoms with Gasteiger partial charge in [0.2, 0.25) is 11.8 Å². The van der Waals surface area contributed by atoms with Gasteiger partial charge in [0.15, 0.2) is 0 Å². The fourth-order valence-corrected chi connectivity index (χ4v) is 4.44. The summed E-state index contributed by atoms with van der Waals surface area (Å²) < 4.78 is 13.5. The Balaban J connectivity index is 1.39. The molecule has 5 heteroatoms. The van der Waals surface area contributed by atoms with Gasteiger partial charge in [0.1, 0.15) is 5.82 Å². The van der Waals surface area contributed by atoms with Gasteiger partial charge in [-0.15, -0.1) is 0 Å². The maximum absolute atomic E-state index is 13.5. The molecule has 1 saturated carbocycles. The summed E-state index contributed by atoms with van der Waals surface area (Å²) in [7, 11) is 0. The van der Waals surface area contributed by atoms with Crippen molar-refractivity contribution in [2.45, 2.75) is 44.4 Å². The number of hydrogen-bond donors (Lipinski definition) is 0. The predicted molar refractivity (Wildman–Crippen MR) is 97.0 cm³/mol. The number of hydrogen-bond acceptors (Lipinski definition) is 2. The van der Waals surface area contributed by atoms with Crippen molar-refractivity contribution in [1.29, 1.82) is 0 Å². The summed E-state index contributed by atoms with van der Waals surface area (Å²) in [6.07, 6.45) is 5.74. The molecule has 2 amide bonds. The zero-order valence-electron chi connectivity index (χ0n) is 15.2. The van der Waals surface area contributed by atoms with Crippen LogP contribution in [-0.4, -0.2) is 47.8 Å². The number of nitrogens with zero attached hydrogens (tertiary/aromatic N) is 2. The Labute approximate surface area is 154 Å². The maximum atomic E-state index is 13.5. The standard InChI is InChI=1S/C21H27FN2O2/c22-19-7-1-4-16(12-19)17-5-2-10-23(13-17)21(26)18-6-3-11-24(14-18)20(25)15-8-9-15/h1,4,7,12,15,17-18H,2-3,5-6,8-11,13-14H2. The number of amides is 2. The van der Waals surface area contributed by atoms with Crippen LogP contribution in [0.3, 0.4) is 0 Å². The second kappa shape index (κ2) is 7.37. The second-order valence-corrected chi connectivity index (χ2v) is 8.08. The molecule has 1 aromatic carbocycles. The minimum absolute atomic E-state index is 0.0716. The van der Waals surface area contributed by atoms with E-state index in [-0.39, 0.29) is 35.4 Å². The number of benzene rings is 1. The number of carbonyl (C=O) groups is 2. The second-order valence-electron chi connectivity index (χ2n) is 8.08. The summed E-state index contributed by atoms with van der Waals surface area (Å²) in [5.74, 6) is 0.565. The van der Waals surface area contributed by atoms with E-state index in [1.807, 2.05) is 15.9 Å². The quantitative estimate of drug-likeness (QED) is 0.833. The molecule has 0 bridgehead atoms. The van der Waals surface area contributed by atoms with Crippen LogP contribution < -0.4 is 0 Å². The zero-order valence-corrected chi connectivity index (χ0v) is 15.2. The third-order valence-electron chi connectivity index (χ3n) is 6.06. The van der Waals surface area contributed by atoms with Gasteiger partial charge < -0.3 is 9.80 Å². The Kier molecular flexibility index (Phi) is 4.96. The number of likely N-dealkylation sites (tertiary alicyclic amines) is 2. The van der Waals surface area contributed by atoms with Crippen LogP contribution >= 0.6 is 0 Å². The van der Waals surface area contributed by atoms with Crippen LogP contribution in [-0.2, 0) is 9.59 Å². The Morgan fingerprint density at radius 1 is 0.885 bits per heavy atom. The van der Waals surface area contributed by atoms with Gasteiger partial charge in [-0.3, -0.25) is 9.59 Å². The molecule has 3 fully saturated rings. The van der Waals surface area contributed by atoms with Gasteiger partial charge in [-0.1, -0.05) is 12.1 Å². The molecule has 0 N–H and O–H groups in total. The van der Waals surface area contributed by atoms with E-state index in [0.717, 1.165) is 57.2 Å². The summed E-state index contributed by atoms with van der Waals surface area (Å²) >= 11 is 0. The smallest absolute Gasteiger partial charge is 0.227 e. The van der Waals surface area contributed by atoms with Gasteiger partial charge in [-0.25, -0.2) is 4.39 Å². The van der Waals surface area contributed by atoms with E-state index in [9.17, 15) is 14.0 Å². The van der Waals surface area contributed by atoms with Crippen LogP contribution in [0.25, 0.3) is 0 Å². The zero-order chi connectivity index (χ0) is 18.1. The normalized spacial score (nSPS) is 26.7. The van der Waals surface area contributed by atoms with Gasteiger partial charge in [0.25, 0.3) is 0 Å². The molecule has 26 heavy (non-hydrogen) atoms. The Morgan fingerprint density at radius 2 is 1.58 bits per heavy atom. The number of rotatable bonds is 3. The van der Waals surface area contributed by atoms with Crippen LogP contribution in [0.1, 0.15) is 50.0 Å². The molecule has 1 aromatic rings. The molecule has 4 rings (SSSR count). The number of halogens is 1. The first-order chi connectivity index (χ1) is 12.6. The molecular formula is C21H27FN2O2. The number of carbonyl (C=O) groups excluding carboxylic acids is 2. The summed E-state index contributed by atoms with van der Waals surface area (Å²) in [5, 5.41) is 0. The van der Waals surface area contributed by atoms with Gasteiger partial charge in [-0.2, -0.15) is 0 Å². The lowest BCUT2D eigenvalue weighted by Crippen LogP contribution is -2.49. The third kappa shape index (κ3) is 3.76. The van der Waals surface area contributed by atoms with E-state index in [1.165, 1.54) is 6.07 Å². The summed E-state index contributed by atoms with van der Waals surface area (Å²) in [6.45, 7) is 2.81. The average molecular weight is 358 g/mol. The van der Waals surface area contributed by atoms with Gasteiger partial charge >= 0.3 is 0 Å². The topological polar surface area (TPSA) is 40.6 Å². The summed E-state index contributed by atoms with van der Waals surface area (Å²) in [6, 6.07) is 6.75. The first-order valence-corrected chi connectivity index (χ1v) is 9.95. The highest BCUT2D eigenvalue weighted by molar-refractivity contribution is 5.83. The number of piperidine rings is 2. The van der Waals surface area contributed by atoms with Gasteiger partial charge in [0.05, 0.1) is 5.92 Å². The molecule has 140 valence electrons. The Morgan fingerprint density at radius 3 is 2.31 bits per heavy atom. The summed E-state index contributed by atoms with van der Waals surface area (Å²) in [4.78, 5) is 29.3. The molecule has 0 radical (unpaired) electrons. The lowest BCUT2D eigenvalue weighted by Gasteiger charge is -2.38. The van der Waals surface area contributed by atoms with Crippen molar-refractivity contribution in [3.05, 3.63) is 35.6 Å². The molecular weight excluding hydrogens is 331 g/mol. The molecule has 2 atom stereocenters. The lowest BCUT2D eigenvalue weighted by atomic mass is 9.89. The van der Waals surface area contributed by atoms with E-state index < -0.39 is 0 Å². The lowest BCUT2D eigenvalue weighted by molar-refractivity contribution is -0.142. The van der Waals surface area contributed by atoms with E-state index in [0.29, 0.717) is 13.1 Å². The van der Waals surface area contributed by atoms with Crippen molar-refractivity contribution in [2.24, 2.45) is 11.8 Å². The maximum Gasteiger partial charge on any atom is 0.227 e. The molecule has 2 saturated heterocycles. The monoisotopic (exact) mass is 358 g/mol. The fraction of sp³-hybridized carbons (Fsp3) is 0.619. The van der Waals surface area contributed by atoms with Crippen molar-refractivity contribution in [3.63, 3.8) is 0 Å². The molecule has 1 aliphatic carbocycles. The highest BCUT2D eigenvalue weighted by Crippen LogP contribution is 2.33. The van der Waals surface area contributed by atoms with Crippen LogP contribution in [0.2, 0.25) is 0 Å². The molecule has 4 nitrogen and oxygen atoms in total. The van der Waals surface area contributed by atoms with Crippen molar-refractivity contribution in [3.8, 4) is 0 Å². The predicted octanol–water partition coefficient (Wildman–Crippen LogP) is 3.18. The molecule has 2 unspecified atom stereocenters. The van der Waals surface area contributed by atoms with E-state index in [2.05, 4.69) is 0 Å². The highest BCUT2D eigenvalue weighted by Gasteiger charge is 2.38. The van der Waals surface area contributed by atoms with Crippen molar-refractivity contribution in [2.75, 3.05) is 26.2 Å². The van der Waals surface area contributed by atoms with Crippen LogP contribution in [0.5, 0.6) is 0 Å². The van der Waals surface area contributed by atoms with E-state index in [4.69, 9.17) is 0 Å². The van der Waals surface area contributed by atoms with Crippen LogP contribution in [0.4, 0.5) is 4.39 Å². The van der Waals surface area contributed by atoms with E-state index in [1.54, 1.807) is 12.1 Å². The minimum atomic E-state index is -0.215. The SMILES string of the molecule is O=C(C1CC1)N1CCCC(C(=O)N2CCCC(c3cccc(F)c3)C2)C1. The Hall–Kier alpha value is -1.91. The van der Waals surface area contributed by atoms with Gasteiger partial charge in [-0.05, 0) is 56.2 Å². The van der Waals surface area contributed by atoms with Crippen molar-refractivity contribution < 1.29 is 14.0 Å². The van der Waals surface area contributed by atoms with E-state index >= 15 is 0 Å². The molecule has 0 aromatic heterocycles. The first kappa shape index (κ1) is 17.5. The first-order valence-electron chi connectivity index (χ1n) is 9.95. The summed E-state index contributed by atoms with van der Waals surface area (Å²) in [5.41, 5.74) is 0.983. The van der Waals surface area contributed by atoms with Crippen LogP contribution in [0.15, 0.2) is 24.3 Å². The average Bonchev–Trinajstić information content (AvgIpc) is 3.52. The highest BCUT2D eigenvalue weighted by atomic mass is 19.1. The molecule has 3 aliphatic rings. The van der Waals surface area contributed by atoms with Crippen LogP contribution in [0, 0.1) is 17.7 Å². The van der Waals surface area contributed by atoms with Crippen molar-refractivity contribution in [1.82, 2.24) is 9.80 Å². The third-order valence-corrected chi connectivity index (χ3v) is 6.06. The fourth-order valence-electron chi connectivity index (χ4n) is 4.44. The Bertz CT molecular complexity index is 688. The van der Waals surface area contributed by atoms with Crippen molar-refractivity contribution >= 4 is 11.8 Å².